The second-order valence-electron chi connectivity index (χ2n) is 7.16. The molecule has 2 heterocycles. The Bertz CT molecular complexity index is 537. The molecule has 0 bridgehead atoms. The highest BCUT2D eigenvalue weighted by atomic mass is 16.5. The molecule has 5 heteroatoms. The zero-order chi connectivity index (χ0) is 17.5. The fraction of sp³-hybridized carbons (Fsp3) is 0.650. The molecule has 0 aromatic heterocycles. The first-order valence-corrected chi connectivity index (χ1v) is 9.57. The SMILES string of the molecule is CO[C@@H]1CN[C@@H](C(=O)N2CCCN(CCCc3ccccc3)CC2)C1. The second-order valence-corrected chi connectivity index (χ2v) is 7.16. The van der Waals surface area contributed by atoms with E-state index in [2.05, 4.69) is 40.5 Å². The summed E-state index contributed by atoms with van der Waals surface area (Å²) in [4.78, 5) is 17.3. The molecule has 1 N–H and O–H groups in total. The van der Waals surface area contributed by atoms with Gasteiger partial charge in [0.25, 0.3) is 0 Å². The number of rotatable bonds is 6. The highest BCUT2D eigenvalue weighted by Crippen LogP contribution is 2.14. The van der Waals surface area contributed by atoms with Gasteiger partial charge in [-0.05, 0) is 44.3 Å². The molecule has 2 fully saturated rings. The number of hydrogen-bond acceptors (Lipinski definition) is 4. The average Bonchev–Trinajstić information content (AvgIpc) is 3.01. The van der Waals surface area contributed by atoms with Crippen LogP contribution in [0.1, 0.15) is 24.8 Å². The molecule has 2 atom stereocenters. The molecule has 0 saturated carbocycles. The molecule has 0 radical (unpaired) electrons. The summed E-state index contributed by atoms with van der Waals surface area (Å²) in [6, 6.07) is 10.6. The van der Waals surface area contributed by atoms with Gasteiger partial charge in [0.15, 0.2) is 0 Å². The summed E-state index contributed by atoms with van der Waals surface area (Å²) in [5.41, 5.74) is 1.41. The molecule has 0 spiro atoms. The topological polar surface area (TPSA) is 44.8 Å². The minimum absolute atomic E-state index is 0.0606. The molecule has 3 rings (SSSR count). The Hall–Kier alpha value is -1.43. The third-order valence-corrected chi connectivity index (χ3v) is 5.40. The number of hydrogen-bond donors (Lipinski definition) is 1. The van der Waals surface area contributed by atoms with E-state index < -0.39 is 0 Å². The van der Waals surface area contributed by atoms with Crippen molar-refractivity contribution in [3.05, 3.63) is 35.9 Å². The maximum Gasteiger partial charge on any atom is 0.239 e. The number of ether oxygens (including phenoxy) is 1. The van der Waals surface area contributed by atoms with Gasteiger partial charge in [-0.15, -0.1) is 0 Å². The van der Waals surface area contributed by atoms with Crippen LogP contribution < -0.4 is 5.32 Å². The lowest BCUT2D eigenvalue weighted by molar-refractivity contribution is -0.133. The largest absolute Gasteiger partial charge is 0.380 e. The number of aryl methyl sites for hydroxylation is 1. The lowest BCUT2D eigenvalue weighted by atomic mass is 10.1. The monoisotopic (exact) mass is 345 g/mol. The van der Waals surface area contributed by atoms with E-state index in [9.17, 15) is 4.79 Å². The van der Waals surface area contributed by atoms with Crippen molar-refractivity contribution in [2.24, 2.45) is 0 Å². The number of nitrogens with zero attached hydrogens (tertiary/aromatic N) is 2. The van der Waals surface area contributed by atoms with E-state index in [0.717, 1.165) is 58.5 Å². The van der Waals surface area contributed by atoms with Gasteiger partial charge in [0, 0.05) is 33.3 Å². The molecule has 2 saturated heterocycles. The van der Waals surface area contributed by atoms with Gasteiger partial charge in [-0.3, -0.25) is 4.79 Å². The predicted molar refractivity (Wildman–Crippen MR) is 99.6 cm³/mol. The van der Waals surface area contributed by atoms with Gasteiger partial charge in [-0.1, -0.05) is 30.3 Å². The maximum absolute atomic E-state index is 12.7. The first kappa shape index (κ1) is 18.4. The van der Waals surface area contributed by atoms with Crippen LogP contribution in [0.4, 0.5) is 0 Å². The van der Waals surface area contributed by atoms with Gasteiger partial charge in [0.05, 0.1) is 12.1 Å². The molecule has 1 amide bonds. The lowest BCUT2D eigenvalue weighted by Gasteiger charge is -2.24. The Kier molecular flexibility index (Phi) is 6.84. The van der Waals surface area contributed by atoms with E-state index in [1.807, 2.05) is 4.90 Å². The molecule has 0 aliphatic carbocycles. The summed E-state index contributed by atoms with van der Waals surface area (Å²) in [6.07, 6.45) is 4.35. The van der Waals surface area contributed by atoms with Crippen LogP contribution in [0.5, 0.6) is 0 Å². The fourth-order valence-electron chi connectivity index (χ4n) is 3.86. The highest BCUT2D eigenvalue weighted by Gasteiger charge is 2.32. The fourth-order valence-corrected chi connectivity index (χ4v) is 3.86. The normalized spacial score (nSPS) is 25.1. The molecule has 1 aromatic carbocycles. The third kappa shape index (κ3) is 5.27. The summed E-state index contributed by atoms with van der Waals surface area (Å²) in [6.45, 7) is 5.71. The Morgan fingerprint density at radius 2 is 2.04 bits per heavy atom. The van der Waals surface area contributed by atoms with Crippen LogP contribution in [-0.2, 0) is 16.0 Å². The van der Waals surface area contributed by atoms with Gasteiger partial charge in [-0.25, -0.2) is 0 Å². The summed E-state index contributed by atoms with van der Waals surface area (Å²) in [5.74, 6) is 0.255. The summed E-state index contributed by atoms with van der Waals surface area (Å²) < 4.78 is 5.36. The smallest absolute Gasteiger partial charge is 0.239 e. The number of amides is 1. The molecule has 2 aliphatic heterocycles. The van der Waals surface area contributed by atoms with Gasteiger partial charge >= 0.3 is 0 Å². The third-order valence-electron chi connectivity index (χ3n) is 5.40. The zero-order valence-corrected chi connectivity index (χ0v) is 15.3. The van der Waals surface area contributed by atoms with Crippen molar-refractivity contribution in [3.8, 4) is 0 Å². The second kappa shape index (κ2) is 9.32. The van der Waals surface area contributed by atoms with Gasteiger partial charge in [0.2, 0.25) is 5.91 Å². The quantitative estimate of drug-likeness (QED) is 0.849. The highest BCUT2D eigenvalue weighted by molar-refractivity contribution is 5.82. The van der Waals surface area contributed by atoms with Crippen molar-refractivity contribution in [3.63, 3.8) is 0 Å². The molecule has 2 aliphatic rings. The van der Waals surface area contributed by atoms with Gasteiger partial charge in [0.1, 0.15) is 0 Å². The molecule has 1 aromatic rings. The van der Waals surface area contributed by atoms with Crippen molar-refractivity contribution in [2.75, 3.05) is 46.4 Å². The Morgan fingerprint density at radius 3 is 2.80 bits per heavy atom. The van der Waals surface area contributed by atoms with Gasteiger partial charge < -0.3 is 19.9 Å². The van der Waals surface area contributed by atoms with E-state index in [4.69, 9.17) is 4.74 Å². The first-order valence-electron chi connectivity index (χ1n) is 9.57. The number of carbonyl (C=O) groups excluding carboxylic acids is 1. The summed E-state index contributed by atoms with van der Waals surface area (Å²) in [5, 5.41) is 3.31. The van der Waals surface area contributed by atoms with E-state index in [1.54, 1.807) is 7.11 Å². The number of methoxy groups -OCH3 is 1. The Morgan fingerprint density at radius 1 is 1.20 bits per heavy atom. The average molecular weight is 345 g/mol. The van der Waals surface area contributed by atoms with Crippen molar-refractivity contribution in [1.29, 1.82) is 0 Å². The van der Waals surface area contributed by atoms with Crippen molar-refractivity contribution in [1.82, 2.24) is 15.1 Å². The lowest BCUT2D eigenvalue weighted by Crippen LogP contribution is -2.45. The van der Waals surface area contributed by atoms with Crippen LogP contribution in [0, 0.1) is 0 Å². The van der Waals surface area contributed by atoms with E-state index in [0.29, 0.717) is 0 Å². The number of nitrogens with one attached hydrogen (secondary N) is 1. The molecular weight excluding hydrogens is 314 g/mol. The van der Waals surface area contributed by atoms with E-state index in [-0.39, 0.29) is 18.1 Å². The minimum Gasteiger partial charge on any atom is -0.380 e. The maximum atomic E-state index is 12.7. The van der Waals surface area contributed by atoms with Crippen LogP contribution in [0.25, 0.3) is 0 Å². The molecule has 25 heavy (non-hydrogen) atoms. The van der Waals surface area contributed by atoms with Crippen LogP contribution in [-0.4, -0.2) is 74.2 Å². The molecule has 138 valence electrons. The van der Waals surface area contributed by atoms with Gasteiger partial charge in [-0.2, -0.15) is 0 Å². The number of carbonyl (C=O) groups is 1. The Labute approximate surface area is 151 Å². The van der Waals surface area contributed by atoms with Crippen molar-refractivity contribution < 1.29 is 9.53 Å². The minimum atomic E-state index is -0.0606. The Balaban J connectivity index is 1.40. The summed E-state index contributed by atoms with van der Waals surface area (Å²) >= 11 is 0. The molecule has 0 unspecified atom stereocenters. The van der Waals surface area contributed by atoms with Crippen LogP contribution >= 0.6 is 0 Å². The zero-order valence-electron chi connectivity index (χ0n) is 15.3. The first-order chi connectivity index (χ1) is 12.3. The number of benzene rings is 1. The van der Waals surface area contributed by atoms with Crippen molar-refractivity contribution in [2.45, 2.75) is 37.8 Å². The predicted octanol–water partition coefficient (Wildman–Crippen LogP) is 1.53. The van der Waals surface area contributed by atoms with E-state index >= 15 is 0 Å². The van der Waals surface area contributed by atoms with Crippen LogP contribution in [0.2, 0.25) is 0 Å². The molecular formula is C20H31N3O2. The molecule has 5 nitrogen and oxygen atoms in total. The summed E-state index contributed by atoms with van der Waals surface area (Å²) in [7, 11) is 1.72. The van der Waals surface area contributed by atoms with E-state index in [1.165, 1.54) is 12.0 Å². The van der Waals surface area contributed by atoms with Crippen molar-refractivity contribution >= 4 is 5.91 Å². The standard InChI is InChI=1S/C20H31N3O2/c1-25-18-15-19(21-16-18)20(24)23-12-6-11-22(13-14-23)10-5-9-17-7-3-2-4-8-17/h2-4,7-8,18-19,21H,5-6,9-16H2,1H3/t18-,19+/m0/s1. The van der Waals surface area contributed by atoms with Crippen LogP contribution in [0.3, 0.4) is 0 Å². The van der Waals surface area contributed by atoms with Crippen LogP contribution in [0.15, 0.2) is 30.3 Å².